The van der Waals surface area contributed by atoms with Gasteiger partial charge in [-0.25, -0.2) is 14.7 Å². The van der Waals surface area contributed by atoms with E-state index in [-0.39, 0.29) is 0 Å². The van der Waals surface area contributed by atoms with Crippen molar-refractivity contribution in [1.29, 1.82) is 0 Å². The monoisotopic (exact) mass is 245 g/mol. The molecule has 4 bridgehead atoms. The van der Waals surface area contributed by atoms with E-state index in [1.54, 1.807) is 0 Å². The van der Waals surface area contributed by atoms with Crippen LogP contribution in [0.3, 0.4) is 0 Å². The van der Waals surface area contributed by atoms with Gasteiger partial charge in [0.1, 0.15) is 26.6 Å². The normalized spacial score (nSPS) is 41.3. The van der Waals surface area contributed by atoms with Crippen LogP contribution in [0.5, 0.6) is 0 Å². The number of hydrogen-bond acceptors (Lipinski definition) is 3. The van der Waals surface area contributed by atoms with Gasteiger partial charge in [0.2, 0.25) is 0 Å². The maximum absolute atomic E-state index is 2.57. The molecule has 4 aliphatic rings. The molecule has 5 rings (SSSR count). The van der Waals surface area contributed by atoms with Crippen LogP contribution in [0.25, 0.3) is 0 Å². The first-order valence-corrected chi connectivity index (χ1v) is 6.79. The van der Waals surface area contributed by atoms with Crippen LogP contribution in [0.4, 0.5) is 0 Å². The van der Waals surface area contributed by atoms with Crippen molar-refractivity contribution in [2.24, 2.45) is 0 Å². The molecular weight excluding hydrogens is 224 g/mol. The van der Waals surface area contributed by atoms with Crippen molar-refractivity contribution in [2.75, 3.05) is 40.0 Å². The molecular formula is C14H21N4+. The van der Waals surface area contributed by atoms with Crippen LogP contribution >= 0.6 is 0 Å². The highest BCUT2D eigenvalue weighted by Gasteiger charge is 2.48. The van der Waals surface area contributed by atoms with Crippen LogP contribution in [0.2, 0.25) is 0 Å². The maximum atomic E-state index is 2.57. The summed E-state index contributed by atoms with van der Waals surface area (Å²) in [5.74, 6) is 0. The minimum Gasteiger partial charge on any atom is -0.282 e. The van der Waals surface area contributed by atoms with Crippen molar-refractivity contribution in [1.82, 2.24) is 14.7 Å². The lowest BCUT2D eigenvalue weighted by atomic mass is 10.1. The molecule has 0 aliphatic carbocycles. The molecule has 4 heteroatoms. The van der Waals surface area contributed by atoms with Crippen LogP contribution < -0.4 is 0 Å². The molecule has 0 N–H and O–H groups in total. The summed E-state index contributed by atoms with van der Waals surface area (Å²) in [6, 6.07) is 9.07. The highest BCUT2D eigenvalue weighted by Crippen LogP contribution is 2.30. The third-order valence-corrected chi connectivity index (χ3v) is 4.34. The zero-order chi connectivity index (χ0) is 12.2. The van der Waals surface area contributed by atoms with Crippen LogP contribution in [-0.2, 0) is 6.54 Å². The quantitative estimate of drug-likeness (QED) is 0.720. The van der Waals surface area contributed by atoms with E-state index in [1.807, 2.05) is 0 Å². The number of rotatable bonds is 2. The summed E-state index contributed by atoms with van der Waals surface area (Å²) in [4.78, 5) is 7.72. The number of quaternary nitrogens is 1. The molecule has 1 aromatic rings. The summed E-state index contributed by atoms with van der Waals surface area (Å²) in [6.07, 6.45) is 0. The molecule has 4 nitrogen and oxygen atoms in total. The number of nitrogens with zero attached hydrogens (tertiary/aromatic N) is 4. The molecule has 0 spiro atoms. The summed E-state index contributed by atoms with van der Waals surface area (Å²) >= 11 is 0. The standard InChI is InChI=1S/C14H21N4/c1-13-2-4-14(5-3-13)6-18-10-15-7-16(11-18)9-17(8-15)12-18/h2-5H,6-12H2,1H3/q+1. The predicted octanol–water partition coefficient (Wildman–Crippen LogP) is 1.00. The van der Waals surface area contributed by atoms with Crippen LogP contribution in [-0.4, -0.2) is 59.2 Å². The summed E-state index contributed by atoms with van der Waals surface area (Å²) in [6.45, 7) is 10.5. The highest BCUT2D eigenvalue weighted by atomic mass is 15.7. The zero-order valence-electron chi connectivity index (χ0n) is 11.0. The molecule has 0 saturated carbocycles. The Morgan fingerprint density at radius 2 is 1.39 bits per heavy atom. The van der Waals surface area contributed by atoms with Crippen LogP contribution in [0.15, 0.2) is 24.3 Å². The Morgan fingerprint density at radius 1 is 0.889 bits per heavy atom. The van der Waals surface area contributed by atoms with Gasteiger partial charge in [0, 0.05) is 5.56 Å². The first kappa shape index (κ1) is 10.9. The van der Waals surface area contributed by atoms with Gasteiger partial charge in [-0.15, -0.1) is 0 Å². The first-order valence-electron chi connectivity index (χ1n) is 6.79. The lowest BCUT2D eigenvalue weighted by Crippen LogP contribution is -2.78. The van der Waals surface area contributed by atoms with Gasteiger partial charge >= 0.3 is 0 Å². The number of aryl methyl sites for hydroxylation is 1. The third kappa shape index (κ3) is 1.77. The van der Waals surface area contributed by atoms with E-state index in [0.717, 1.165) is 0 Å². The fourth-order valence-corrected chi connectivity index (χ4v) is 3.89. The second-order valence-corrected chi connectivity index (χ2v) is 6.35. The van der Waals surface area contributed by atoms with Gasteiger partial charge in [-0.05, 0) is 6.92 Å². The second-order valence-electron chi connectivity index (χ2n) is 6.35. The molecule has 4 heterocycles. The highest BCUT2D eigenvalue weighted by molar-refractivity contribution is 5.20. The van der Waals surface area contributed by atoms with E-state index in [9.17, 15) is 0 Å². The van der Waals surface area contributed by atoms with Crippen molar-refractivity contribution < 1.29 is 4.48 Å². The van der Waals surface area contributed by atoms with E-state index in [4.69, 9.17) is 0 Å². The van der Waals surface area contributed by atoms with E-state index in [0.29, 0.717) is 0 Å². The SMILES string of the molecule is Cc1ccc(C[N+]23CN4CN(CN(C4)C2)C3)cc1. The minimum absolute atomic E-state index is 1.17. The first-order chi connectivity index (χ1) is 8.71. The van der Waals surface area contributed by atoms with Crippen LogP contribution in [0, 0.1) is 6.92 Å². The van der Waals surface area contributed by atoms with Crippen molar-refractivity contribution in [3.63, 3.8) is 0 Å². The topological polar surface area (TPSA) is 9.72 Å². The predicted molar refractivity (Wildman–Crippen MR) is 69.9 cm³/mol. The Labute approximate surface area is 109 Å². The Balaban J connectivity index is 1.58. The lowest BCUT2D eigenvalue weighted by Gasteiger charge is -2.60. The average molecular weight is 245 g/mol. The summed E-state index contributed by atoms with van der Waals surface area (Å²) in [5, 5.41) is 0. The third-order valence-electron chi connectivity index (χ3n) is 4.34. The van der Waals surface area contributed by atoms with Gasteiger partial charge in [-0.1, -0.05) is 29.8 Å². The molecule has 0 unspecified atom stereocenters. The molecule has 4 saturated heterocycles. The molecule has 18 heavy (non-hydrogen) atoms. The summed E-state index contributed by atoms with van der Waals surface area (Å²) in [5.41, 5.74) is 2.83. The fraction of sp³-hybridized carbons (Fsp3) is 0.571. The van der Waals surface area contributed by atoms with Crippen molar-refractivity contribution in [3.05, 3.63) is 35.4 Å². The van der Waals surface area contributed by atoms with Gasteiger partial charge in [0.25, 0.3) is 0 Å². The zero-order valence-corrected chi connectivity index (χ0v) is 11.0. The lowest BCUT2D eigenvalue weighted by molar-refractivity contribution is -0.991. The van der Waals surface area contributed by atoms with E-state index in [1.165, 1.54) is 62.2 Å². The molecule has 96 valence electrons. The van der Waals surface area contributed by atoms with E-state index >= 15 is 0 Å². The molecule has 0 radical (unpaired) electrons. The number of hydrogen-bond donors (Lipinski definition) is 0. The Hall–Kier alpha value is -0.940. The fourth-order valence-electron chi connectivity index (χ4n) is 3.89. The smallest absolute Gasteiger partial charge is 0.139 e. The molecule has 4 aliphatic heterocycles. The van der Waals surface area contributed by atoms with Gasteiger partial charge in [0.15, 0.2) is 0 Å². The Morgan fingerprint density at radius 3 is 1.89 bits per heavy atom. The average Bonchev–Trinajstić information content (AvgIpc) is 2.30. The number of benzene rings is 1. The molecule has 1 aromatic carbocycles. The Kier molecular flexibility index (Phi) is 2.29. The van der Waals surface area contributed by atoms with Crippen molar-refractivity contribution >= 4 is 0 Å². The summed E-state index contributed by atoms with van der Waals surface area (Å²) in [7, 11) is 0. The molecule has 0 atom stereocenters. The maximum Gasteiger partial charge on any atom is 0.139 e. The van der Waals surface area contributed by atoms with Gasteiger partial charge in [0.05, 0.1) is 20.0 Å². The van der Waals surface area contributed by atoms with Gasteiger partial charge in [-0.3, -0.25) is 4.48 Å². The van der Waals surface area contributed by atoms with E-state index < -0.39 is 0 Å². The molecule has 0 aromatic heterocycles. The van der Waals surface area contributed by atoms with Gasteiger partial charge in [-0.2, -0.15) is 0 Å². The minimum atomic E-state index is 1.17. The van der Waals surface area contributed by atoms with Crippen molar-refractivity contribution in [2.45, 2.75) is 13.5 Å². The molecule has 0 amide bonds. The second kappa shape index (κ2) is 3.78. The molecule has 4 fully saturated rings. The van der Waals surface area contributed by atoms with Gasteiger partial charge < -0.3 is 0 Å². The summed E-state index contributed by atoms with van der Waals surface area (Å²) < 4.78 is 1.20. The Bertz CT molecular complexity index is 418. The van der Waals surface area contributed by atoms with E-state index in [2.05, 4.69) is 45.9 Å². The largest absolute Gasteiger partial charge is 0.282 e. The van der Waals surface area contributed by atoms with Crippen LogP contribution in [0.1, 0.15) is 11.1 Å². The van der Waals surface area contributed by atoms with Crippen molar-refractivity contribution in [3.8, 4) is 0 Å².